The Morgan fingerprint density at radius 2 is 1.60 bits per heavy atom. The first-order valence-corrected chi connectivity index (χ1v) is 8.09. The molecule has 2 N–H and O–H groups in total. The molecule has 25 heavy (non-hydrogen) atoms. The van der Waals surface area contributed by atoms with Gasteiger partial charge in [0, 0.05) is 31.7 Å². The van der Waals surface area contributed by atoms with Crippen molar-refractivity contribution in [2.75, 3.05) is 7.05 Å². The van der Waals surface area contributed by atoms with Gasteiger partial charge in [0.1, 0.15) is 0 Å². The third kappa shape index (κ3) is 4.92. The summed E-state index contributed by atoms with van der Waals surface area (Å²) in [5, 5.41) is 7.92. The molecule has 5 heteroatoms. The largest absolute Gasteiger partial charge is 0.352 e. The third-order valence-corrected chi connectivity index (χ3v) is 4.12. The van der Waals surface area contributed by atoms with Crippen LogP contribution in [-0.2, 0) is 13.1 Å². The van der Waals surface area contributed by atoms with Crippen molar-refractivity contribution in [3.05, 3.63) is 77.5 Å². The second-order valence-corrected chi connectivity index (χ2v) is 5.69. The number of pyridine rings is 1. The number of aliphatic imine (C=N–C) groups is 1. The lowest BCUT2D eigenvalue weighted by Crippen LogP contribution is -2.36. The highest BCUT2D eigenvalue weighted by Crippen LogP contribution is 2.15. The van der Waals surface area contributed by atoms with E-state index in [4.69, 9.17) is 0 Å². The van der Waals surface area contributed by atoms with Crippen LogP contribution in [0.1, 0.15) is 16.7 Å². The lowest BCUT2D eigenvalue weighted by atomic mass is 10.1. The maximum atomic E-state index is 4.40. The van der Waals surface area contributed by atoms with Crippen LogP contribution in [0.2, 0.25) is 0 Å². The molecule has 0 unspecified atom stereocenters. The van der Waals surface area contributed by atoms with Crippen LogP contribution in [0.3, 0.4) is 0 Å². The zero-order valence-electron chi connectivity index (χ0n) is 14.5. The summed E-state index contributed by atoms with van der Waals surface area (Å²) in [6.07, 6.45) is 1.85. The van der Waals surface area contributed by atoms with E-state index in [2.05, 4.69) is 57.9 Å². The maximum absolute atomic E-state index is 4.40. The Morgan fingerprint density at radius 3 is 2.36 bits per heavy atom. The van der Waals surface area contributed by atoms with Crippen molar-refractivity contribution in [1.29, 1.82) is 0 Å². The van der Waals surface area contributed by atoms with E-state index in [1.807, 2.05) is 30.5 Å². The Morgan fingerprint density at radius 1 is 0.920 bits per heavy atom. The number of fused-ring (bicyclic) bond motifs is 1. The summed E-state index contributed by atoms with van der Waals surface area (Å²) in [6, 6.07) is 18.6. The van der Waals surface area contributed by atoms with Crippen molar-refractivity contribution in [1.82, 2.24) is 15.6 Å². The molecule has 0 amide bonds. The average Bonchev–Trinajstić information content (AvgIpc) is 2.63. The van der Waals surface area contributed by atoms with Gasteiger partial charge in [-0.15, -0.1) is 24.0 Å². The zero-order valence-corrected chi connectivity index (χ0v) is 16.8. The number of para-hydroxylation sites is 1. The lowest BCUT2D eigenvalue weighted by Gasteiger charge is -2.14. The molecule has 0 fully saturated rings. The van der Waals surface area contributed by atoms with E-state index in [1.54, 1.807) is 7.05 Å². The molecular weight excluding hydrogens is 423 g/mol. The smallest absolute Gasteiger partial charge is 0.191 e. The van der Waals surface area contributed by atoms with Crippen LogP contribution >= 0.6 is 24.0 Å². The molecule has 0 radical (unpaired) electrons. The summed E-state index contributed by atoms with van der Waals surface area (Å²) in [6.45, 7) is 3.58. The van der Waals surface area contributed by atoms with Gasteiger partial charge in [0.2, 0.25) is 0 Å². The van der Waals surface area contributed by atoms with Gasteiger partial charge in [-0.1, -0.05) is 42.5 Å². The van der Waals surface area contributed by atoms with E-state index in [9.17, 15) is 0 Å². The van der Waals surface area contributed by atoms with E-state index in [1.165, 1.54) is 22.1 Å². The summed E-state index contributed by atoms with van der Waals surface area (Å²) in [5.41, 5.74) is 4.77. The van der Waals surface area contributed by atoms with Gasteiger partial charge in [0.15, 0.2) is 5.96 Å². The molecular formula is C20H23IN4. The molecule has 0 aliphatic rings. The number of benzene rings is 2. The van der Waals surface area contributed by atoms with E-state index in [-0.39, 0.29) is 24.0 Å². The van der Waals surface area contributed by atoms with Gasteiger partial charge >= 0.3 is 0 Å². The highest BCUT2D eigenvalue weighted by Gasteiger charge is 2.04. The number of aryl methyl sites for hydroxylation is 1. The highest BCUT2D eigenvalue weighted by molar-refractivity contribution is 14.0. The quantitative estimate of drug-likeness (QED) is 0.362. The first-order valence-electron chi connectivity index (χ1n) is 8.09. The molecule has 0 saturated heterocycles. The Bertz CT molecular complexity index is 856. The monoisotopic (exact) mass is 446 g/mol. The number of nitrogens with one attached hydrogen (secondary N) is 2. The molecule has 4 nitrogen and oxygen atoms in total. The molecule has 2 aromatic carbocycles. The molecule has 0 atom stereocenters. The Balaban J connectivity index is 0.00000225. The van der Waals surface area contributed by atoms with Crippen LogP contribution in [0.5, 0.6) is 0 Å². The van der Waals surface area contributed by atoms with Crippen molar-refractivity contribution in [3.8, 4) is 0 Å². The Hall–Kier alpha value is -2.15. The summed E-state index contributed by atoms with van der Waals surface area (Å²) in [5.74, 6) is 0.791. The third-order valence-electron chi connectivity index (χ3n) is 4.12. The second-order valence-electron chi connectivity index (χ2n) is 5.69. The molecule has 0 saturated carbocycles. The zero-order chi connectivity index (χ0) is 16.8. The molecule has 0 aliphatic carbocycles. The standard InChI is InChI=1S/C20H22N4.HI/c1-15-7-3-4-8-16(15)13-23-20(21-2)24-14-17-11-12-22-19-10-6-5-9-18(17)19;/h3-12H,13-14H2,1-2H3,(H2,21,23,24);1H. The average molecular weight is 446 g/mol. The predicted octanol–water partition coefficient (Wildman–Crippen LogP) is 4.03. The number of aromatic nitrogens is 1. The van der Waals surface area contributed by atoms with Crippen molar-refractivity contribution < 1.29 is 0 Å². The van der Waals surface area contributed by atoms with E-state index >= 15 is 0 Å². The molecule has 0 spiro atoms. The first-order chi connectivity index (χ1) is 11.8. The first kappa shape index (κ1) is 19.2. The molecule has 3 rings (SSSR count). The van der Waals surface area contributed by atoms with Gasteiger partial charge in [0.25, 0.3) is 0 Å². The van der Waals surface area contributed by atoms with E-state index in [0.29, 0.717) is 6.54 Å². The van der Waals surface area contributed by atoms with Crippen LogP contribution < -0.4 is 10.6 Å². The topological polar surface area (TPSA) is 49.3 Å². The number of nitrogens with zero attached hydrogens (tertiary/aromatic N) is 2. The van der Waals surface area contributed by atoms with Crippen molar-refractivity contribution >= 4 is 40.8 Å². The molecule has 1 heterocycles. The minimum atomic E-state index is 0. The number of guanidine groups is 1. The van der Waals surface area contributed by atoms with Gasteiger partial charge in [0.05, 0.1) is 5.52 Å². The fourth-order valence-corrected chi connectivity index (χ4v) is 2.70. The summed E-state index contributed by atoms with van der Waals surface area (Å²) < 4.78 is 0. The van der Waals surface area contributed by atoms with E-state index < -0.39 is 0 Å². The fourth-order valence-electron chi connectivity index (χ4n) is 2.70. The number of rotatable bonds is 4. The predicted molar refractivity (Wildman–Crippen MR) is 115 cm³/mol. The molecule has 130 valence electrons. The molecule has 0 aliphatic heterocycles. The van der Waals surface area contributed by atoms with Crippen LogP contribution in [0.25, 0.3) is 10.9 Å². The fraction of sp³-hybridized carbons (Fsp3) is 0.200. The maximum Gasteiger partial charge on any atom is 0.191 e. The van der Waals surface area contributed by atoms with Crippen molar-refractivity contribution in [3.63, 3.8) is 0 Å². The van der Waals surface area contributed by atoms with Gasteiger partial charge in [-0.3, -0.25) is 9.98 Å². The minimum absolute atomic E-state index is 0. The summed E-state index contributed by atoms with van der Waals surface area (Å²) in [7, 11) is 1.79. The highest BCUT2D eigenvalue weighted by atomic mass is 127. The van der Waals surface area contributed by atoms with Crippen molar-refractivity contribution in [2.45, 2.75) is 20.0 Å². The van der Waals surface area contributed by atoms with Crippen LogP contribution in [-0.4, -0.2) is 18.0 Å². The van der Waals surface area contributed by atoms with Gasteiger partial charge in [-0.25, -0.2) is 0 Å². The summed E-state index contributed by atoms with van der Waals surface area (Å²) in [4.78, 5) is 8.71. The second kappa shape index (κ2) is 9.36. The molecule has 1 aromatic heterocycles. The normalized spacial score (nSPS) is 11.0. The van der Waals surface area contributed by atoms with Crippen LogP contribution in [0.15, 0.2) is 65.8 Å². The van der Waals surface area contributed by atoms with Gasteiger partial charge in [-0.2, -0.15) is 0 Å². The minimum Gasteiger partial charge on any atom is -0.352 e. The van der Waals surface area contributed by atoms with Gasteiger partial charge < -0.3 is 10.6 Å². The Labute approximate surface area is 165 Å². The number of hydrogen-bond donors (Lipinski definition) is 2. The SMILES string of the molecule is CN=C(NCc1ccccc1C)NCc1ccnc2ccccc12.I. The number of halogens is 1. The molecule has 3 aromatic rings. The Kier molecular flexibility index (Phi) is 7.18. The van der Waals surface area contributed by atoms with Crippen LogP contribution in [0, 0.1) is 6.92 Å². The van der Waals surface area contributed by atoms with Gasteiger partial charge in [-0.05, 0) is 35.7 Å². The summed E-state index contributed by atoms with van der Waals surface area (Å²) >= 11 is 0. The van der Waals surface area contributed by atoms with Crippen molar-refractivity contribution in [2.24, 2.45) is 4.99 Å². The van der Waals surface area contributed by atoms with Crippen LogP contribution in [0.4, 0.5) is 0 Å². The molecule has 0 bridgehead atoms. The number of hydrogen-bond acceptors (Lipinski definition) is 2. The lowest BCUT2D eigenvalue weighted by molar-refractivity contribution is 0.808. The van der Waals surface area contributed by atoms with E-state index in [0.717, 1.165) is 18.0 Å².